The number of benzene rings is 2. The summed E-state index contributed by atoms with van der Waals surface area (Å²) in [5.41, 5.74) is 1.62. The van der Waals surface area contributed by atoms with Crippen LogP contribution in [0.15, 0.2) is 49.3 Å². The maximum Gasteiger partial charge on any atom is 0.247 e. The fraction of sp³-hybridized carbons (Fsp3) is 0.280. The van der Waals surface area contributed by atoms with Gasteiger partial charge in [-0.1, -0.05) is 18.2 Å². The Labute approximate surface area is 212 Å². The lowest BCUT2D eigenvalue weighted by molar-refractivity contribution is -0.132. The van der Waals surface area contributed by atoms with E-state index in [0.717, 1.165) is 6.42 Å². The monoisotopic (exact) mass is 513 g/mol. The summed E-state index contributed by atoms with van der Waals surface area (Å²) in [4.78, 5) is 35.4. The molecular formula is C25H25ClFN5O4. The van der Waals surface area contributed by atoms with Crippen molar-refractivity contribution in [1.82, 2.24) is 14.9 Å². The van der Waals surface area contributed by atoms with E-state index in [1.807, 2.05) is 0 Å². The second kappa shape index (κ2) is 11.2. The molecular weight excluding hydrogens is 489 g/mol. The van der Waals surface area contributed by atoms with Gasteiger partial charge in [-0.15, -0.1) is 0 Å². The molecule has 1 aromatic heterocycles. The predicted octanol–water partition coefficient (Wildman–Crippen LogP) is 4.50. The molecule has 1 fully saturated rings. The van der Waals surface area contributed by atoms with Crippen molar-refractivity contribution in [2.45, 2.75) is 18.9 Å². The van der Waals surface area contributed by atoms with Crippen LogP contribution >= 0.6 is 11.6 Å². The molecule has 0 spiro atoms. The molecule has 4 rings (SSSR count). The highest BCUT2D eigenvalue weighted by Gasteiger charge is 2.33. The van der Waals surface area contributed by atoms with Crippen molar-refractivity contribution in [1.29, 1.82) is 0 Å². The zero-order valence-electron chi connectivity index (χ0n) is 19.6. The second-order valence-corrected chi connectivity index (χ2v) is 8.39. The van der Waals surface area contributed by atoms with Crippen molar-refractivity contribution in [3.63, 3.8) is 0 Å². The number of anilines is 3. The highest BCUT2D eigenvalue weighted by molar-refractivity contribution is 6.32. The molecule has 188 valence electrons. The van der Waals surface area contributed by atoms with Gasteiger partial charge in [-0.05, 0) is 43.2 Å². The molecule has 2 N–H and O–H groups in total. The third-order valence-electron chi connectivity index (χ3n) is 5.76. The van der Waals surface area contributed by atoms with E-state index >= 15 is 0 Å². The molecule has 0 bridgehead atoms. The SMILES string of the molecule is C=CC(=O)N1CCC[C@H]1C(=O)Nc1cc2c(Nc3ccc(OCCF)c(Cl)c3)ncnc2cc1OC. The van der Waals surface area contributed by atoms with Gasteiger partial charge in [0.2, 0.25) is 11.8 Å². The number of hydrogen-bond donors (Lipinski definition) is 2. The number of alkyl halides is 1. The quantitative estimate of drug-likeness (QED) is 0.406. The highest BCUT2D eigenvalue weighted by atomic mass is 35.5. The largest absolute Gasteiger partial charge is 0.494 e. The topological polar surface area (TPSA) is 106 Å². The summed E-state index contributed by atoms with van der Waals surface area (Å²) in [6.45, 7) is 3.32. The van der Waals surface area contributed by atoms with Crippen LogP contribution in [0.5, 0.6) is 11.5 Å². The van der Waals surface area contributed by atoms with Gasteiger partial charge < -0.3 is 25.0 Å². The second-order valence-electron chi connectivity index (χ2n) is 7.98. The Morgan fingerprint density at radius 2 is 2.11 bits per heavy atom. The Morgan fingerprint density at radius 1 is 1.28 bits per heavy atom. The number of hydrogen-bond acceptors (Lipinski definition) is 7. The minimum absolute atomic E-state index is 0.0836. The predicted molar refractivity (Wildman–Crippen MR) is 136 cm³/mol. The van der Waals surface area contributed by atoms with Gasteiger partial charge in [0, 0.05) is 23.7 Å². The van der Waals surface area contributed by atoms with E-state index in [1.54, 1.807) is 30.3 Å². The zero-order valence-corrected chi connectivity index (χ0v) is 20.3. The molecule has 1 aliphatic rings. The van der Waals surface area contributed by atoms with Crippen LogP contribution in [0, 0.1) is 0 Å². The Bertz CT molecular complexity index is 1300. The van der Waals surface area contributed by atoms with Gasteiger partial charge in [0.1, 0.15) is 43.0 Å². The zero-order chi connectivity index (χ0) is 25.7. The van der Waals surface area contributed by atoms with Crippen LogP contribution < -0.4 is 20.1 Å². The van der Waals surface area contributed by atoms with Crippen LogP contribution in [0.25, 0.3) is 10.9 Å². The van der Waals surface area contributed by atoms with E-state index in [1.165, 1.54) is 24.4 Å². The summed E-state index contributed by atoms with van der Waals surface area (Å²) in [6, 6.07) is 7.81. The van der Waals surface area contributed by atoms with E-state index in [9.17, 15) is 14.0 Å². The number of halogens is 2. The lowest BCUT2D eigenvalue weighted by Crippen LogP contribution is -2.42. The first-order valence-electron chi connectivity index (χ1n) is 11.3. The Hall–Kier alpha value is -3.92. The summed E-state index contributed by atoms with van der Waals surface area (Å²) >= 11 is 6.26. The molecule has 0 radical (unpaired) electrons. The van der Waals surface area contributed by atoms with Gasteiger partial charge in [0.05, 0.1) is 23.3 Å². The van der Waals surface area contributed by atoms with Gasteiger partial charge in [-0.2, -0.15) is 0 Å². The van der Waals surface area contributed by atoms with E-state index in [-0.39, 0.29) is 18.4 Å². The van der Waals surface area contributed by atoms with Crippen LogP contribution in [0.1, 0.15) is 12.8 Å². The molecule has 9 nitrogen and oxygen atoms in total. The number of rotatable bonds is 9. The fourth-order valence-electron chi connectivity index (χ4n) is 4.07. The van der Waals surface area contributed by atoms with Crippen molar-refractivity contribution in [3.05, 3.63) is 54.3 Å². The van der Waals surface area contributed by atoms with Gasteiger partial charge in [-0.25, -0.2) is 14.4 Å². The van der Waals surface area contributed by atoms with E-state index in [4.69, 9.17) is 21.1 Å². The van der Waals surface area contributed by atoms with Crippen molar-refractivity contribution < 1.29 is 23.5 Å². The average molecular weight is 514 g/mol. The van der Waals surface area contributed by atoms with Crippen molar-refractivity contribution in [2.24, 2.45) is 0 Å². The number of nitrogens with zero attached hydrogens (tertiary/aromatic N) is 3. The Morgan fingerprint density at radius 3 is 2.83 bits per heavy atom. The van der Waals surface area contributed by atoms with Crippen LogP contribution in [0.3, 0.4) is 0 Å². The van der Waals surface area contributed by atoms with Gasteiger partial charge >= 0.3 is 0 Å². The molecule has 1 saturated heterocycles. The van der Waals surface area contributed by atoms with Crippen molar-refractivity contribution in [3.8, 4) is 11.5 Å². The number of carbonyl (C=O) groups excluding carboxylic acids is 2. The molecule has 2 amide bonds. The normalized spacial score (nSPS) is 15.0. The third kappa shape index (κ3) is 5.33. The molecule has 3 aromatic rings. The average Bonchev–Trinajstić information content (AvgIpc) is 3.38. The van der Waals surface area contributed by atoms with E-state index in [2.05, 4.69) is 27.2 Å². The van der Waals surface area contributed by atoms with Crippen LogP contribution in [-0.2, 0) is 9.59 Å². The maximum absolute atomic E-state index is 13.1. The van der Waals surface area contributed by atoms with Crippen LogP contribution in [-0.4, -0.2) is 59.7 Å². The lowest BCUT2D eigenvalue weighted by Gasteiger charge is -2.23. The fourth-order valence-corrected chi connectivity index (χ4v) is 4.30. The molecule has 11 heteroatoms. The number of ether oxygens (including phenoxy) is 2. The van der Waals surface area contributed by atoms with Crippen LogP contribution in [0.2, 0.25) is 5.02 Å². The molecule has 0 saturated carbocycles. The first kappa shape index (κ1) is 25.2. The molecule has 36 heavy (non-hydrogen) atoms. The Kier molecular flexibility index (Phi) is 7.84. The standard InChI is InChI=1S/C25H25ClFN5O4/c1-3-23(33)32-9-4-5-20(32)25(34)31-19-12-16-18(13-22(19)35-2)28-14-29-24(16)30-15-6-7-21(17(26)11-15)36-10-8-27/h3,6-7,11-14,20H,1,4-5,8-10H2,2H3,(H,31,34)(H,28,29,30)/t20-/m0/s1. The van der Waals surface area contributed by atoms with Crippen LogP contribution in [0.4, 0.5) is 21.6 Å². The summed E-state index contributed by atoms with van der Waals surface area (Å²) in [5, 5.41) is 7.01. The summed E-state index contributed by atoms with van der Waals surface area (Å²) in [6.07, 6.45) is 3.90. The molecule has 2 heterocycles. The number of nitrogens with one attached hydrogen (secondary N) is 2. The molecule has 1 aliphatic heterocycles. The molecule has 0 aliphatic carbocycles. The summed E-state index contributed by atoms with van der Waals surface area (Å²) < 4.78 is 23.1. The van der Waals surface area contributed by atoms with Gasteiger partial charge in [-0.3, -0.25) is 9.59 Å². The number of amides is 2. The van der Waals surface area contributed by atoms with Gasteiger partial charge in [0.15, 0.2) is 0 Å². The lowest BCUT2D eigenvalue weighted by atomic mass is 10.1. The first-order valence-corrected chi connectivity index (χ1v) is 11.6. The third-order valence-corrected chi connectivity index (χ3v) is 6.05. The highest BCUT2D eigenvalue weighted by Crippen LogP contribution is 2.35. The van der Waals surface area contributed by atoms with Gasteiger partial charge in [0.25, 0.3) is 0 Å². The number of methoxy groups -OCH3 is 1. The van der Waals surface area contributed by atoms with E-state index in [0.29, 0.717) is 57.6 Å². The number of carbonyl (C=O) groups is 2. The summed E-state index contributed by atoms with van der Waals surface area (Å²) in [7, 11) is 1.49. The minimum atomic E-state index is -0.616. The molecule has 1 atom stereocenters. The number of fused-ring (bicyclic) bond motifs is 1. The first-order chi connectivity index (χ1) is 17.4. The van der Waals surface area contributed by atoms with E-state index < -0.39 is 12.7 Å². The maximum atomic E-state index is 13.1. The minimum Gasteiger partial charge on any atom is -0.494 e. The summed E-state index contributed by atoms with van der Waals surface area (Å²) in [5.74, 6) is 0.659. The molecule has 2 aromatic carbocycles. The Balaban J connectivity index is 1.62. The number of likely N-dealkylation sites (tertiary alicyclic amines) is 1. The smallest absolute Gasteiger partial charge is 0.247 e. The van der Waals surface area contributed by atoms with Crippen molar-refractivity contribution in [2.75, 3.05) is 37.6 Å². The number of aromatic nitrogens is 2. The molecule has 0 unspecified atom stereocenters. The van der Waals surface area contributed by atoms with Crippen molar-refractivity contribution >= 4 is 51.5 Å².